The molecule has 0 spiro atoms. The van der Waals surface area contributed by atoms with Crippen molar-refractivity contribution >= 4 is 22.8 Å². The lowest BCUT2D eigenvalue weighted by atomic mass is 10.00. The lowest BCUT2D eigenvalue weighted by molar-refractivity contribution is -0.125. The van der Waals surface area contributed by atoms with Crippen LogP contribution in [-0.4, -0.2) is 24.0 Å². The molecule has 2 aromatic rings. The molecule has 1 fully saturated rings. The third kappa shape index (κ3) is 2.98. The van der Waals surface area contributed by atoms with Crippen molar-refractivity contribution in [2.45, 2.75) is 38.1 Å². The summed E-state index contributed by atoms with van der Waals surface area (Å²) >= 11 is 0. The summed E-state index contributed by atoms with van der Waals surface area (Å²) in [6.45, 7) is 1.34. The fraction of sp³-hybridized carbons (Fsp3) is 0.389. The number of carbonyl (C=O) groups is 2. The SMILES string of the molecule is Cc1c(C(=O)OCC(=O)NC2(C#N)CCCC2)oc2ccccc12. The minimum atomic E-state index is -0.821. The zero-order valence-corrected chi connectivity index (χ0v) is 13.4. The fourth-order valence-electron chi connectivity index (χ4n) is 3.11. The first-order valence-corrected chi connectivity index (χ1v) is 7.92. The second-order valence-electron chi connectivity index (χ2n) is 6.08. The molecule has 1 saturated carbocycles. The summed E-state index contributed by atoms with van der Waals surface area (Å²) in [4.78, 5) is 24.2. The minimum Gasteiger partial charge on any atom is -0.450 e. The summed E-state index contributed by atoms with van der Waals surface area (Å²) in [5, 5.41) is 12.8. The van der Waals surface area contributed by atoms with Crippen LogP contribution in [0.25, 0.3) is 11.0 Å². The van der Waals surface area contributed by atoms with E-state index in [9.17, 15) is 14.9 Å². The maximum atomic E-state index is 12.2. The van der Waals surface area contributed by atoms with Gasteiger partial charge in [0.05, 0.1) is 6.07 Å². The molecule has 24 heavy (non-hydrogen) atoms. The highest BCUT2D eigenvalue weighted by atomic mass is 16.5. The number of rotatable bonds is 4. The van der Waals surface area contributed by atoms with Gasteiger partial charge < -0.3 is 14.5 Å². The molecule has 0 saturated heterocycles. The first kappa shape index (κ1) is 16.1. The van der Waals surface area contributed by atoms with Gasteiger partial charge in [0.25, 0.3) is 5.91 Å². The van der Waals surface area contributed by atoms with Crippen molar-refractivity contribution < 1.29 is 18.7 Å². The van der Waals surface area contributed by atoms with Crippen LogP contribution in [0.5, 0.6) is 0 Å². The second-order valence-corrected chi connectivity index (χ2v) is 6.08. The van der Waals surface area contributed by atoms with Crippen LogP contribution in [0.3, 0.4) is 0 Å². The zero-order valence-electron chi connectivity index (χ0n) is 13.4. The molecule has 1 aliphatic carbocycles. The van der Waals surface area contributed by atoms with E-state index >= 15 is 0 Å². The van der Waals surface area contributed by atoms with Crippen LogP contribution in [0.15, 0.2) is 28.7 Å². The Labute approximate surface area is 139 Å². The molecule has 1 amide bonds. The van der Waals surface area contributed by atoms with E-state index in [2.05, 4.69) is 11.4 Å². The van der Waals surface area contributed by atoms with Crippen LogP contribution in [-0.2, 0) is 9.53 Å². The Bertz CT molecular complexity index is 825. The topological polar surface area (TPSA) is 92.3 Å². The van der Waals surface area contributed by atoms with E-state index < -0.39 is 24.0 Å². The molecule has 1 aromatic carbocycles. The maximum absolute atomic E-state index is 12.2. The van der Waals surface area contributed by atoms with Crippen LogP contribution in [0.2, 0.25) is 0 Å². The Balaban J connectivity index is 1.63. The van der Waals surface area contributed by atoms with Gasteiger partial charge in [0.2, 0.25) is 5.76 Å². The molecule has 0 unspecified atom stereocenters. The summed E-state index contributed by atoms with van der Waals surface area (Å²) in [5.74, 6) is -1.06. The molecular formula is C18H18N2O4. The number of ether oxygens (including phenoxy) is 1. The van der Waals surface area contributed by atoms with Gasteiger partial charge >= 0.3 is 5.97 Å². The smallest absolute Gasteiger partial charge is 0.375 e. The van der Waals surface area contributed by atoms with Crippen LogP contribution in [0.1, 0.15) is 41.8 Å². The average molecular weight is 326 g/mol. The molecule has 0 aliphatic heterocycles. The van der Waals surface area contributed by atoms with Gasteiger partial charge in [-0.25, -0.2) is 4.79 Å². The number of nitriles is 1. The van der Waals surface area contributed by atoms with Gasteiger partial charge in [0, 0.05) is 10.9 Å². The second kappa shape index (κ2) is 6.36. The molecule has 0 radical (unpaired) electrons. The number of benzene rings is 1. The van der Waals surface area contributed by atoms with E-state index in [0.717, 1.165) is 18.2 Å². The van der Waals surface area contributed by atoms with Crippen molar-refractivity contribution in [2.75, 3.05) is 6.61 Å². The van der Waals surface area contributed by atoms with Crippen LogP contribution >= 0.6 is 0 Å². The number of amides is 1. The Kier molecular flexibility index (Phi) is 4.26. The van der Waals surface area contributed by atoms with E-state index in [0.29, 0.717) is 24.0 Å². The van der Waals surface area contributed by atoms with E-state index in [-0.39, 0.29) is 5.76 Å². The number of nitrogens with one attached hydrogen (secondary N) is 1. The molecule has 1 heterocycles. The molecule has 1 aromatic heterocycles. The lowest BCUT2D eigenvalue weighted by Crippen LogP contribution is -2.46. The minimum absolute atomic E-state index is 0.0971. The fourth-order valence-corrected chi connectivity index (χ4v) is 3.11. The highest BCUT2D eigenvalue weighted by molar-refractivity contribution is 5.96. The van der Waals surface area contributed by atoms with E-state index in [4.69, 9.17) is 9.15 Å². The van der Waals surface area contributed by atoms with Crippen molar-refractivity contribution in [3.05, 3.63) is 35.6 Å². The van der Waals surface area contributed by atoms with Gasteiger partial charge in [-0.05, 0) is 38.7 Å². The predicted molar refractivity (Wildman–Crippen MR) is 86.2 cm³/mol. The summed E-state index contributed by atoms with van der Waals surface area (Å²) in [5.41, 5.74) is 0.458. The molecule has 3 rings (SSSR count). The predicted octanol–water partition coefficient (Wildman–Crippen LogP) is 2.85. The van der Waals surface area contributed by atoms with E-state index in [1.807, 2.05) is 18.2 Å². The van der Waals surface area contributed by atoms with Crippen LogP contribution in [0.4, 0.5) is 0 Å². The zero-order chi connectivity index (χ0) is 17.2. The highest BCUT2D eigenvalue weighted by Gasteiger charge is 2.35. The summed E-state index contributed by atoms with van der Waals surface area (Å²) in [6, 6.07) is 9.46. The molecule has 0 bridgehead atoms. The molecule has 0 atom stereocenters. The molecule has 6 heteroatoms. The van der Waals surface area contributed by atoms with Gasteiger partial charge in [-0.2, -0.15) is 5.26 Å². The summed E-state index contributed by atoms with van der Waals surface area (Å²) in [6.07, 6.45) is 3.08. The Morgan fingerprint density at radius 1 is 1.33 bits per heavy atom. The maximum Gasteiger partial charge on any atom is 0.375 e. The summed E-state index contributed by atoms with van der Waals surface area (Å²) < 4.78 is 10.6. The quantitative estimate of drug-likeness (QED) is 0.872. The van der Waals surface area contributed by atoms with Gasteiger partial charge in [0.1, 0.15) is 11.1 Å². The normalized spacial score (nSPS) is 15.8. The van der Waals surface area contributed by atoms with Crippen LogP contribution in [0, 0.1) is 18.3 Å². The van der Waals surface area contributed by atoms with Gasteiger partial charge in [-0.15, -0.1) is 0 Å². The van der Waals surface area contributed by atoms with Crippen molar-refractivity contribution in [1.29, 1.82) is 5.26 Å². The Morgan fingerprint density at radius 2 is 2.04 bits per heavy atom. The van der Waals surface area contributed by atoms with E-state index in [1.54, 1.807) is 13.0 Å². The van der Waals surface area contributed by atoms with Gasteiger partial charge in [-0.3, -0.25) is 4.79 Å². The number of fused-ring (bicyclic) bond motifs is 1. The van der Waals surface area contributed by atoms with Crippen LogP contribution < -0.4 is 5.32 Å². The van der Waals surface area contributed by atoms with Crippen molar-refractivity contribution in [2.24, 2.45) is 0 Å². The molecule has 6 nitrogen and oxygen atoms in total. The number of hydrogen-bond donors (Lipinski definition) is 1. The molecule has 124 valence electrons. The van der Waals surface area contributed by atoms with Crippen molar-refractivity contribution in [1.82, 2.24) is 5.32 Å². The first-order valence-electron chi connectivity index (χ1n) is 7.92. The van der Waals surface area contributed by atoms with Gasteiger partial charge in [-0.1, -0.05) is 18.2 Å². The third-order valence-corrected chi connectivity index (χ3v) is 4.41. The lowest BCUT2D eigenvalue weighted by Gasteiger charge is -2.21. The Morgan fingerprint density at radius 3 is 2.71 bits per heavy atom. The number of furan rings is 1. The summed E-state index contributed by atoms with van der Waals surface area (Å²) in [7, 11) is 0. The largest absolute Gasteiger partial charge is 0.450 e. The standard InChI is InChI=1S/C18H18N2O4/c1-12-13-6-2-3-7-14(13)24-16(12)17(22)23-10-15(21)20-18(11-19)8-4-5-9-18/h2-3,6-7H,4-5,8-10H2,1H3,(H,20,21). The Hall–Kier alpha value is -2.81. The molecule has 1 N–H and O–H groups in total. The van der Waals surface area contributed by atoms with Gasteiger partial charge in [0.15, 0.2) is 6.61 Å². The van der Waals surface area contributed by atoms with Crippen molar-refractivity contribution in [3.63, 3.8) is 0 Å². The number of para-hydroxylation sites is 1. The monoisotopic (exact) mass is 326 g/mol. The van der Waals surface area contributed by atoms with Crippen molar-refractivity contribution in [3.8, 4) is 6.07 Å². The number of esters is 1. The number of carbonyl (C=O) groups excluding carboxylic acids is 2. The van der Waals surface area contributed by atoms with E-state index in [1.165, 1.54) is 0 Å². The third-order valence-electron chi connectivity index (χ3n) is 4.41. The molecule has 1 aliphatic rings. The number of hydrogen-bond acceptors (Lipinski definition) is 5. The first-order chi connectivity index (χ1) is 11.5. The average Bonchev–Trinajstić information content (AvgIpc) is 3.19. The molecular weight excluding hydrogens is 308 g/mol. The number of aryl methyl sites for hydroxylation is 1. The highest BCUT2D eigenvalue weighted by Crippen LogP contribution is 2.29. The number of nitrogens with zero attached hydrogens (tertiary/aromatic N) is 1.